The molecule has 1 unspecified atom stereocenters. The van der Waals surface area contributed by atoms with Gasteiger partial charge in [-0.05, 0) is 11.1 Å². The Bertz CT molecular complexity index is 322. The lowest BCUT2D eigenvalue weighted by Gasteiger charge is -2.02. The molecule has 0 bridgehead atoms. The summed E-state index contributed by atoms with van der Waals surface area (Å²) < 4.78 is 0. The highest BCUT2D eigenvalue weighted by Gasteiger charge is 2.28. The van der Waals surface area contributed by atoms with Crippen LogP contribution in [0.5, 0.6) is 0 Å². The average Bonchev–Trinajstić information content (AvgIpc) is 2.47. The predicted molar refractivity (Wildman–Crippen MR) is 42.7 cm³/mol. The van der Waals surface area contributed by atoms with Crippen molar-refractivity contribution < 1.29 is 9.90 Å². The number of carboxylic acids is 1. The monoisotopic (exact) mass is 162 g/mol. The van der Waals surface area contributed by atoms with E-state index < -0.39 is 12.0 Å². The Labute approximate surface area is 70.0 Å². The maximum Gasteiger partial charge on any atom is 0.326 e. The number of hydrogen-bond donors (Lipinski definition) is 1. The van der Waals surface area contributed by atoms with Gasteiger partial charge in [-0.25, -0.2) is 5.32 Å². The Morgan fingerprint density at radius 2 is 2.25 bits per heavy atom. The van der Waals surface area contributed by atoms with Crippen molar-refractivity contribution in [1.29, 1.82) is 0 Å². The standard InChI is InChI=1S/C9H8NO2/c11-9(12)8-7-4-2-1-3-6(7)5-10-8/h1-4,8H,5H2,(H,11,12). The van der Waals surface area contributed by atoms with Gasteiger partial charge in [0, 0.05) is 6.54 Å². The minimum absolute atomic E-state index is 0.535. The van der Waals surface area contributed by atoms with Gasteiger partial charge < -0.3 is 5.11 Å². The van der Waals surface area contributed by atoms with Crippen molar-refractivity contribution in [2.75, 3.05) is 0 Å². The minimum Gasteiger partial charge on any atom is -0.480 e. The largest absolute Gasteiger partial charge is 0.480 e. The maximum absolute atomic E-state index is 10.7. The molecule has 1 aromatic carbocycles. The van der Waals surface area contributed by atoms with E-state index in [1.54, 1.807) is 0 Å². The van der Waals surface area contributed by atoms with Crippen molar-refractivity contribution >= 4 is 5.97 Å². The normalized spacial score (nSPS) is 20.5. The van der Waals surface area contributed by atoms with E-state index in [4.69, 9.17) is 5.11 Å². The number of benzene rings is 1. The summed E-state index contributed by atoms with van der Waals surface area (Å²) in [5.41, 5.74) is 1.87. The van der Waals surface area contributed by atoms with Crippen LogP contribution in [0.4, 0.5) is 0 Å². The number of fused-ring (bicyclic) bond motifs is 1. The molecule has 1 N–H and O–H groups in total. The number of aliphatic carboxylic acids is 1. The van der Waals surface area contributed by atoms with E-state index in [9.17, 15) is 4.79 Å². The third-order valence-corrected chi connectivity index (χ3v) is 2.03. The first-order valence-electron chi connectivity index (χ1n) is 3.76. The fraction of sp³-hybridized carbons (Fsp3) is 0.222. The summed E-state index contributed by atoms with van der Waals surface area (Å²) in [5, 5.41) is 12.8. The van der Waals surface area contributed by atoms with Gasteiger partial charge in [0.1, 0.15) is 6.04 Å². The van der Waals surface area contributed by atoms with Gasteiger partial charge in [-0.15, -0.1) is 0 Å². The summed E-state index contributed by atoms with van der Waals surface area (Å²) in [7, 11) is 0. The molecule has 3 nitrogen and oxygen atoms in total. The molecule has 1 aliphatic rings. The smallest absolute Gasteiger partial charge is 0.326 e. The quantitative estimate of drug-likeness (QED) is 0.667. The average molecular weight is 162 g/mol. The lowest BCUT2D eigenvalue weighted by atomic mass is 10.1. The van der Waals surface area contributed by atoms with Crippen LogP contribution < -0.4 is 5.32 Å². The molecule has 12 heavy (non-hydrogen) atoms. The fourth-order valence-electron chi connectivity index (χ4n) is 1.44. The van der Waals surface area contributed by atoms with Gasteiger partial charge in [-0.3, -0.25) is 4.79 Å². The molecule has 0 saturated carbocycles. The second kappa shape index (κ2) is 2.60. The zero-order valence-corrected chi connectivity index (χ0v) is 6.40. The summed E-state index contributed by atoms with van der Waals surface area (Å²) in [6.07, 6.45) is 0. The highest BCUT2D eigenvalue weighted by Crippen LogP contribution is 2.26. The molecule has 0 aromatic heterocycles. The molecular weight excluding hydrogens is 154 g/mol. The van der Waals surface area contributed by atoms with Crippen molar-refractivity contribution in [2.45, 2.75) is 12.6 Å². The van der Waals surface area contributed by atoms with E-state index in [0.29, 0.717) is 6.54 Å². The first-order chi connectivity index (χ1) is 5.79. The molecule has 61 valence electrons. The number of carboxylic acid groups (broad SMARTS) is 1. The van der Waals surface area contributed by atoms with Crippen molar-refractivity contribution in [1.82, 2.24) is 5.32 Å². The van der Waals surface area contributed by atoms with Crippen LogP contribution in [0, 0.1) is 0 Å². The number of nitrogens with zero attached hydrogens (tertiary/aromatic N) is 1. The molecule has 0 saturated heterocycles. The van der Waals surface area contributed by atoms with E-state index in [1.807, 2.05) is 24.3 Å². The molecule has 3 heteroatoms. The fourth-order valence-corrected chi connectivity index (χ4v) is 1.44. The maximum atomic E-state index is 10.7. The second-order valence-corrected chi connectivity index (χ2v) is 2.78. The minimum atomic E-state index is -0.861. The first-order valence-corrected chi connectivity index (χ1v) is 3.76. The summed E-state index contributed by atoms with van der Waals surface area (Å²) in [5.74, 6) is -0.861. The molecule has 1 radical (unpaired) electrons. The van der Waals surface area contributed by atoms with Crippen LogP contribution in [0.1, 0.15) is 17.2 Å². The van der Waals surface area contributed by atoms with Gasteiger partial charge in [0.25, 0.3) is 0 Å². The van der Waals surface area contributed by atoms with E-state index in [-0.39, 0.29) is 0 Å². The number of hydrogen-bond acceptors (Lipinski definition) is 1. The highest BCUT2D eigenvalue weighted by atomic mass is 16.4. The predicted octanol–water partition coefficient (Wildman–Crippen LogP) is 0.930. The van der Waals surface area contributed by atoms with E-state index in [2.05, 4.69) is 5.32 Å². The summed E-state index contributed by atoms with van der Waals surface area (Å²) in [6, 6.07) is 6.85. The van der Waals surface area contributed by atoms with Crippen molar-refractivity contribution in [2.24, 2.45) is 0 Å². The molecule has 0 aliphatic carbocycles. The number of carbonyl (C=O) groups is 1. The Morgan fingerprint density at radius 1 is 1.50 bits per heavy atom. The molecule has 1 heterocycles. The zero-order valence-electron chi connectivity index (χ0n) is 6.40. The molecule has 1 aromatic rings. The highest BCUT2D eigenvalue weighted by molar-refractivity contribution is 5.77. The molecule has 0 spiro atoms. The van der Waals surface area contributed by atoms with Crippen LogP contribution >= 0.6 is 0 Å². The van der Waals surface area contributed by atoms with Crippen molar-refractivity contribution in [3.05, 3.63) is 35.4 Å². The molecule has 2 rings (SSSR count). The third-order valence-electron chi connectivity index (χ3n) is 2.03. The zero-order chi connectivity index (χ0) is 8.55. The van der Waals surface area contributed by atoms with Crippen LogP contribution in [0.25, 0.3) is 0 Å². The van der Waals surface area contributed by atoms with E-state index in [0.717, 1.165) is 11.1 Å². The Morgan fingerprint density at radius 3 is 3.00 bits per heavy atom. The number of rotatable bonds is 1. The molecule has 1 atom stereocenters. The molecular formula is C9H8NO2. The van der Waals surface area contributed by atoms with Gasteiger partial charge in [0.05, 0.1) is 0 Å². The van der Waals surface area contributed by atoms with Gasteiger partial charge in [-0.1, -0.05) is 24.3 Å². The second-order valence-electron chi connectivity index (χ2n) is 2.78. The topological polar surface area (TPSA) is 51.4 Å². The van der Waals surface area contributed by atoms with Crippen LogP contribution in [0.2, 0.25) is 0 Å². The van der Waals surface area contributed by atoms with Crippen LogP contribution in [-0.2, 0) is 11.3 Å². The van der Waals surface area contributed by atoms with Crippen LogP contribution in [0.15, 0.2) is 24.3 Å². The lowest BCUT2D eigenvalue weighted by Crippen LogP contribution is -2.15. The van der Waals surface area contributed by atoms with Crippen LogP contribution in [-0.4, -0.2) is 11.1 Å². The first kappa shape index (κ1) is 7.31. The van der Waals surface area contributed by atoms with E-state index in [1.165, 1.54) is 0 Å². The Kier molecular flexibility index (Phi) is 1.59. The van der Waals surface area contributed by atoms with Gasteiger partial charge in [0.15, 0.2) is 0 Å². The van der Waals surface area contributed by atoms with Gasteiger partial charge in [0.2, 0.25) is 0 Å². The Hall–Kier alpha value is -1.35. The molecule has 0 fully saturated rings. The molecule has 0 amide bonds. The lowest BCUT2D eigenvalue weighted by molar-refractivity contribution is -0.139. The summed E-state index contributed by atoms with van der Waals surface area (Å²) >= 11 is 0. The van der Waals surface area contributed by atoms with Gasteiger partial charge >= 0.3 is 5.97 Å². The third kappa shape index (κ3) is 0.987. The van der Waals surface area contributed by atoms with Crippen LogP contribution in [0.3, 0.4) is 0 Å². The van der Waals surface area contributed by atoms with Crippen molar-refractivity contribution in [3.8, 4) is 0 Å². The summed E-state index contributed by atoms with van der Waals surface area (Å²) in [6.45, 7) is 0.535. The van der Waals surface area contributed by atoms with E-state index >= 15 is 0 Å². The molecule has 1 aliphatic heterocycles. The SMILES string of the molecule is O=C(O)C1[N]Cc2ccccc21. The van der Waals surface area contributed by atoms with Gasteiger partial charge in [-0.2, -0.15) is 0 Å². The summed E-state index contributed by atoms with van der Waals surface area (Å²) in [4.78, 5) is 10.7. The Balaban J connectivity index is 2.42. The van der Waals surface area contributed by atoms with Crippen molar-refractivity contribution in [3.63, 3.8) is 0 Å².